The first-order valence-electron chi connectivity index (χ1n) is 6.04. The molecular formula is C14H17N3O. The normalized spacial score (nSPS) is 10.5. The molecule has 0 unspecified atom stereocenters. The molecule has 2 rings (SSSR count). The lowest BCUT2D eigenvalue weighted by molar-refractivity contribution is -0.118. The molecule has 2 aromatic rings. The second-order valence-corrected chi connectivity index (χ2v) is 4.18. The third kappa shape index (κ3) is 3.28. The summed E-state index contributed by atoms with van der Waals surface area (Å²) in [6.45, 7) is 3.68. The fourth-order valence-corrected chi connectivity index (χ4v) is 1.87. The van der Waals surface area contributed by atoms with E-state index in [4.69, 9.17) is 0 Å². The number of carbonyl (C=O) groups excluding carboxylic acids is 1. The SMILES string of the molecule is CC(=O)NCCNCc1cncc2ccccc12. The van der Waals surface area contributed by atoms with Crippen LogP contribution in [-0.2, 0) is 11.3 Å². The first kappa shape index (κ1) is 12.5. The van der Waals surface area contributed by atoms with Crippen LogP contribution in [0, 0.1) is 0 Å². The van der Waals surface area contributed by atoms with Crippen molar-refractivity contribution in [3.05, 3.63) is 42.2 Å². The fourth-order valence-electron chi connectivity index (χ4n) is 1.87. The molecule has 0 saturated carbocycles. The predicted molar refractivity (Wildman–Crippen MR) is 72.1 cm³/mol. The van der Waals surface area contributed by atoms with Crippen molar-refractivity contribution in [3.63, 3.8) is 0 Å². The molecule has 4 nitrogen and oxygen atoms in total. The minimum atomic E-state index is 0.00336. The van der Waals surface area contributed by atoms with Crippen LogP contribution < -0.4 is 10.6 Å². The Labute approximate surface area is 106 Å². The van der Waals surface area contributed by atoms with Gasteiger partial charge in [-0.25, -0.2) is 0 Å². The monoisotopic (exact) mass is 243 g/mol. The van der Waals surface area contributed by atoms with Gasteiger partial charge in [0.05, 0.1) is 0 Å². The van der Waals surface area contributed by atoms with Crippen molar-refractivity contribution in [3.8, 4) is 0 Å². The van der Waals surface area contributed by atoms with Crippen LogP contribution in [0.25, 0.3) is 10.8 Å². The average Bonchev–Trinajstić information content (AvgIpc) is 2.38. The van der Waals surface area contributed by atoms with Crippen molar-refractivity contribution in [1.29, 1.82) is 0 Å². The van der Waals surface area contributed by atoms with Gasteiger partial charge in [0.25, 0.3) is 0 Å². The van der Waals surface area contributed by atoms with Crippen LogP contribution >= 0.6 is 0 Å². The molecule has 18 heavy (non-hydrogen) atoms. The maximum atomic E-state index is 10.7. The Balaban J connectivity index is 1.93. The second-order valence-electron chi connectivity index (χ2n) is 4.18. The van der Waals surface area contributed by atoms with E-state index in [0.717, 1.165) is 18.5 Å². The van der Waals surface area contributed by atoms with Gasteiger partial charge < -0.3 is 10.6 Å². The summed E-state index contributed by atoms with van der Waals surface area (Å²) in [5.74, 6) is 0.00336. The van der Waals surface area contributed by atoms with E-state index in [1.54, 1.807) is 0 Å². The standard InChI is InChI=1S/C14H17N3O/c1-11(18)17-7-6-15-9-13-10-16-8-12-4-2-3-5-14(12)13/h2-5,8,10,15H,6-7,9H2,1H3,(H,17,18). The minimum Gasteiger partial charge on any atom is -0.355 e. The Morgan fingerprint density at radius 3 is 2.89 bits per heavy atom. The highest BCUT2D eigenvalue weighted by Gasteiger charge is 2.00. The van der Waals surface area contributed by atoms with Gasteiger partial charge in [-0.3, -0.25) is 9.78 Å². The lowest BCUT2D eigenvalue weighted by atomic mass is 10.1. The van der Waals surface area contributed by atoms with E-state index in [-0.39, 0.29) is 5.91 Å². The van der Waals surface area contributed by atoms with E-state index in [1.165, 1.54) is 17.9 Å². The highest BCUT2D eigenvalue weighted by atomic mass is 16.1. The molecule has 2 N–H and O–H groups in total. The molecule has 0 radical (unpaired) electrons. The van der Waals surface area contributed by atoms with Crippen LogP contribution in [0.5, 0.6) is 0 Å². The van der Waals surface area contributed by atoms with Crippen LogP contribution in [0.4, 0.5) is 0 Å². The van der Waals surface area contributed by atoms with Gasteiger partial charge in [0.1, 0.15) is 0 Å². The van der Waals surface area contributed by atoms with Gasteiger partial charge in [0, 0.05) is 44.3 Å². The van der Waals surface area contributed by atoms with Crippen molar-refractivity contribution in [2.75, 3.05) is 13.1 Å². The van der Waals surface area contributed by atoms with Gasteiger partial charge in [-0.05, 0) is 10.9 Å². The van der Waals surface area contributed by atoms with Crippen molar-refractivity contribution in [2.45, 2.75) is 13.5 Å². The summed E-state index contributed by atoms with van der Waals surface area (Å²) in [5.41, 5.74) is 1.18. The quantitative estimate of drug-likeness (QED) is 0.782. The maximum absolute atomic E-state index is 10.7. The summed E-state index contributed by atoms with van der Waals surface area (Å²) in [4.78, 5) is 14.9. The number of hydrogen-bond donors (Lipinski definition) is 2. The topological polar surface area (TPSA) is 54.0 Å². The van der Waals surface area contributed by atoms with E-state index >= 15 is 0 Å². The first-order chi connectivity index (χ1) is 8.77. The summed E-state index contributed by atoms with van der Waals surface area (Å²) in [7, 11) is 0. The molecule has 0 aliphatic heterocycles. The zero-order chi connectivity index (χ0) is 12.8. The number of amides is 1. The summed E-state index contributed by atoms with van der Waals surface area (Å²) in [6, 6.07) is 8.20. The lowest BCUT2D eigenvalue weighted by Crippen LogP contribution is -2.29. The van der Waals surface area contributed by atoms with E-state index in [1.807, 2.05) is 24.5 Å². The molecule has 0 spiro atoms. The number of benzene rings is 1. The molecule has 0 saturated heterocycles. The molecule has 0 aliphatic carbocycles. The van der Waals surface area contributed by atoms with Crippen LogP contribution in [0.15, 0.2) is 36.7 Å². The molecular weight excluding hydrogens is 226 g/mol. The van der Waals surface area contributed by atoms with Crippen molar-refractivity contribution in [2.24, 2.45) is 0 Å². The largest absolute Gasteiger partial charge is 0.355 e. The summed E-state index contributed by atoms with van der Waals surface area (Å²) in [6.07, 6.45) is 3.75. The molecule has 1 amide bonds. The van der Waals surface area contributed by atoms with E-state index < -0.39 is 0 Å². The summed E-state index contributed by atoms with van der Waals surface area (Å²) < 4.78 is 0. The highest BCUT2D eigenvalue weighted by Crippen LogP contribution is 2.16. The Bertz CT molecular complexity index is 534. The van der Waals surface area contributed by atoms with Gasteiger partial charge in [-0.2, -0.15) is 0 Å². The number of aromatic nitrogens is 1. The Hall–Kier alpha value is -1.94. The number of nitrogens with zero attached hydrogens (tertiary/aromatic N) is 1. The Morgan fingerprint density at radius 1 is 1.22 bits per heavy atom. The molecule has 0 bridgehead atoms. The number of rotatable bonds is 5. The lowest BCUT2D eigenvalue weighted by Gasteiger charge is -2.08. The average molecular weight is 243 g/mol. The van der Waals surface area contributed by atoms with E-state index in [9.17, 15) is 4.79 Å². The number of carbonyl (C=O) groups is 1. The number of nitrogens with one attached hydrogen (secondary N) is 2. The van der Waals surface area contributed by atoms with Gasteiger partial charge >= 0.3 is 0 Å². The molecule has 1 heterocycles. The molecule has 0 atom stereocenters. The van der Waals surface area contributed by atoms with Crippen molar-refractivity contribution in [1.82, 2.24) is 15.6 Å². The molecule has 0 fully saturated rings. The number of hydrogen-bond acceptors (Lipinski definition) is 3. The second kappa shape index (κ2) is 6.12. The molecule has 0 aliphatic rings. The van der Waals surface area contributed by atoms with Gasteiger partial charge in [-0.1, -0.05) is 24.3 Å². The minimum absolute atomic E-state index is 0.00336. The summed E-state index contributed by atoms with van der Waals surface area (Å²) >= 11 is 0. The summed E-state index contributed by atoms with van der Waals surface area (Å²) in [5, 5.41) is 8.42. The van der Waals surface area contributed by atoms with Crippen LogP contribution in [0.1, 0.15) is 12.5 Å². The zero-order valence-corrected chi connectivity index (χ0v) is 10.4. The molecule has 4 heteroatoms. The third-order valence-corrected chi connectivity index (χ3v) is 2.74. The van der Waals surface area contributed by atoms with Gasteiger partial charge in [0.2, 0.25) is 5.91 Å². The van der Waals surface area contributed by atoms with Crippen LogP contribution in [0.2, 0.25) is 0 Å². The van der Waals surface area contributed by atoms with Crippen molar-refractivity contribution >= 4 is 16.7 Å². The number of pyridine rings is 1. The van der Waals surface area contributed by atoms with E-state index in [2.05, 4.69) is 27.8 Å². The molecule has 1 aromatic heterocycles. The highest BCUT2D eigenvalue weighted by molar-refractivity contribution is 5.84. The van der Waals surface area contributed by atoms with Crippen LogP contribution in [-0.4, -0.2) is 24.0 Å². The van der Waals surface area contributed by atoms with Crippen molar-refractivity contribution < 1.29 is 4.79 Å². The van der Waals surface area contributed by atoms with Gasteiger partial charge in [-0.15, -0.1) is 0 Å². The third-order valence-electron chi connectivity index (χ3n) is 2.74. The fraction of sp³-hybridized carbons (Fsp3) is 0.286. The Morgan fingerprint density at radius 2 is 2.06 bits per heavy atom. The Kier molecular flexibility index (Phi) is 4.25. The first-order valence-corrected chi connectivity index (χ1v) is 6.04. The maximum Gasteiger partial charge on any atom is 0.216 e. The van der Waals surface area contributed by atoms with E-state index in [0.29, 0.717) is 6.54 Å². The molecule has 94 valence electrons. The zero-order valence-electron chi connectivity index (χ0n) is 10.4. The van der Waals surface area contributed by atoms with Crippen LogP contribution in [0.3, 0.4) is 0 Å². The smallest absolute Gasteiger partial charge is 0.216 e. The molecule has 1 aromatic carbocycles. The van der Waals surface area contributed by atoms with Gasteiger partial charge in [0.15, 0.2) is 0 Å². The number of fused-ring (bicyclic) bond motifs is 1. The predicted octanol–water partition coefficient (Wildman–Crippen LogP) is 1.46.